The number of hydrogen-bond acceptors (Lipinski definition) is 5. The van der Waals surface area contributed by atoms with Gasteiger partial charge in [-0.05, 0) is 44.6 Å². The van der Waals surface area contributed by atoms with Gasteiger partial charge in [0.05, 0.1) is 29.8 Å². The van der Waals surface area contributed by atoms with Crippen molar-refractivity contribution in [3.05, 3.63) is 35.9 Å². The van der Waals surface area contributed by atoms with Crippen LogP contribution in [0.1, 0.15) is 59.4 Å². The first-order chi connectivity index (χ1) is 13.6. The van der Waals surface area contributed by atoms with Crippen LogP contribution in [-0.4, -0.2) is 40.6 Å². The van der Waals surface area contributed by atoms with Gasteiger partial charge in [0.1, 0.15) is 11.7 Å². The molecule has 0 aromatic heterocycles. The molecule has 1 saturated heterocycles. The summed E-state index contributed by atoms with van der Waals surface area (Å²) in [5.74, 6) is -0.173. The van der Waals surface area contributed by atoms with Crippen molar-refractivity contribution < 1.29 is 24.1 Å². The molecular weight excluding hydrogens is 368 g/mol. The molecule has 1 aromatic rings. The average Bonchev–Trinajstić information content (AvgIpc) is 2.81. The number of ether oxygens (including phenoxy) is 3. The summed E-state index contributed by atoms with van der Waals surface area (Å²) in [4.78, 5) is 11.9. The van der Waals surface area contributed by atoms with Crippen molar-refractivity contribution in [2.24, 2.45) is 17.3 Å². The van der Waals surface area contributed by atoms with Crippen molar-refractivity contribution >= 4 is 5.97 Å². The first-order valence-electron chi connectivity index (χ1n) is 10.8. The first kappa shape index (κ1) is 20.8. The summed E-state index contributed by atoms with van der Waals surface area (Å²) in [6.07, 6.45) is 1.16. The maximum atomic E-state index is 11.9. The third-order valence-corrected chi connectivity index (χ3v) is 7.99. The Morgan fingerprint density at radius 1 is 1.17 bits per heavy atom. The van der Waals surface area contributed by atoms with Crippen LogP contribution in [0.15, 0.2) is 30.3 Å². The van der Waals surface area contributed by atoms with Crippen LogP contribution in [0.25, 0.3) is 0 Å². The quantitative estimate of drug-likeness (QED) is 0.775. The van der Waals surface area contributed by atoms with Gasteiger partial charge in [-0.3, -0.25) is 4.79 Å². The van der Waals surface area contributed by atoms with Gasteiger partial charge in [-0.15, -0.1) is 0 Å². The van der Waals surface area contributed by atoms with Gasteiger partial charge in [0.25, 0.3) is 0 Å². The summed E-state index contributed by atoms with van der Waals surface area (Å²) in [5, 5.41) is 11.5. The Hall–Kier alpha value is -1.43. The Morgan fingerprint density at radius 3 is 2.52 bits per heavy atom. The molecule has 5 heteroatoms. The largest absolute Gasteiger partial charge is 0.462 e. The number of esters is 1. The zero-order valence-electron chi connectivity index (χ0n) is 18.2. The Kier molecular flexibility index (Phi) is 5.08. The summed E-state index contributed by atoms with van der Waals surface area (Å²) >= 11 is 0. The third kappa shape index (κ3) is 2.96. The van der Waals surface area contributed by atoms with Gasteiger partial charge >= 0.3 is 5.97 Å². The van der Waals surface area contributed by atoms with E-state index in [0.29, 0.717) is 13.0 Å². The van der Waals surface area contributed by atoms with E-state index in [4.69, 9.17) is 14.2 Å². The predicted molar refractivity (Wildman–Crippen MR) is 109 cm³/mol. The van der Waals surface area contributed by atoms with E-state index < -0.39 is 22.7 Å². The van der Waals surface area contributed by atoms with Crippen molar-refractivity contribution in [1.82, 2.24) is 0 Å². The fourth-order valence-electron chi connectivity index (χ4n) is 6.51. The fraction of sp³-hybridized carbons (Fsp3) is 0.708. The Labute approximate surface area is 173 Å². The highest BCUT2D eigenvalue weighted by Crippen LogP contribution is 2.66. The molecule has 2 bridgehead atoms. The molecule has 4 rings (SSSR count). The Morgan fingerprint density at radius 2 is 1.86 bits per heavy atom. The van der Waals surface area contributed by atoms with Crippen LogP contribution >= 0.6 is 0 Å². The lowest BCUT2D eigenvalue weighted by Crippen LogP contribution is -2.72. The molecule has 3 aliphatic rings. The molecule has 7 atom stereocenters. The summed E-state index contributed by atoms with van der Waals surface area (Å²) < 4.78 is 19.1. The van der Waals surface area contributed by atoms with Crippen LogP contribution in [0.4, 0.5) is 0 Å². The molecule has 0 radical (unpaired) electrons. The molecule has 1 aliphatic heterocycles. The molecular formula is C24H34O5. The van der Waals surface area contributed by atoms with Crippen molar-refractivity contribution in [3.8, 4) is 0 Å². The monoisotopic (exact) mass is 402 g/mol. The van der Waals surface area contributed by atoms with E-state index in [0.717, 1.165) is 18.4 Å². The van der Waals surface area contributed by atoms with Crippen LogP contribution in [-0.2, 0) is 25.6 Å². The van der Waals surface area contributed by atoms with Crippen LogP contribution in [0.5, 0.6) is 0 Å². The lowest BCUT2D eigenvalue weighted by atomic mass is 9.49. The van der Waals surface area contributed by atoms with Gasteiger partial charge in [-0.25, -0.2) is 0 Å². The van der Waals surface area contributed by atoms with Gasteiger partial charge in [-0.1, -0.05) is 44.2 Å². The number of rotatable bonds is 4. The number of carbonyl (C=O) groups is 1. The highest BCUT2D eigenvalue weighted by molar-refractivity contribution is 5.66. The van der Waals surface area contributed by atoms with E-state index in [9.17, 15) is 9.90 Å². The predicted octanol–water partition coefficient (Wildman–Crippen LogP) is 3.87. The third-order valence-electron chi connectivity index (χ3n) is 7.99. The van der Waals surface area contributed by atoms with Crippen LogP contribution in [0, 0.1) is 17.3 Å². The molecule has 1 spiro atoms. The maximum absolute atomic E-state index is 11.9. The van der Waals surface area contributed by atoms with E-state index in [1.165, 1.54) is 6.92 Å². The number of benzene rings is 1. The minimum atomic E-state index is -0.793. The molecule has 5 nitrogen and oxygen atoms in total. The summed E-state index contributed by atoms with van der Waals surface area (Å²) in [6.45, 7) is 10.3. The number of aliphatic hydroxyl groups excluding tert-OH is 1. The lowest BCUT2D eigenvalue weighted by Gasteiger charge is -2.61. The van der Waals surface area contributed by atoms with Crippen molar-refractivity contribution in [3.63, 3.8) is 0 Å². The summed E-state index contributed by atoms with van der Waals surface area (Å²) in [7, 11) is 0. The zero-order valence-corrected chi connectivity index (χ0v) is 18.2. The molecule has 2 saturated carbocycles. The molecule has 1 aromatic carbocycles. The maximum Gasteiger partial charge on any atom is 0.302 e. The van der Waals surface area contributed by atoms with E-state index in [-0.39, 0.29) is 30.0 Å². The minimum absolute atomic E-state index is 0.0186. The average molecular weight is 403 g/mol. The number of aliphatic hydroxyl groups is 1. The first-order valence-corrected chi connectivity index (χ1v) is 10.8. The second kappa shape index (κ2) is 7.07. The van der Waals surface area contributed by atoms with E-state index in [2.05, 4.69) is 39.8 Å². The Balaban J connectivity index is 1.75. The van der Waals surface area contributed by atoms with E-state index >= 15 is 0 Å². The van der Waals surface area contributed by atoms with Crippen LogP contribution in [0.2, 0.25) is 0 Å². The van der Waals surface area contributed by atoms with Gasteiger partial charge in [-0.2, -0.15) is 0 Å². The lowest BCUT2D eigenvalue weighted by molar-refractivity contribution is -0.291. The topological polar surface area (TPSA) is 65.0 Å². The molecule has 2 aliphatic carbocycles. The molecule has 0 unspecified atom stereocenters. The highest BCUT2D eigenvalue weighted by Gasteiger charge is 2.76. The van der Waals surface area contributed by atoms with Crippen molar-refractivity contribution in [2.45, 2.75) is 90.0 Å². The molecule has 160 valence electrons. The molecule has 29 heavy (non-hydrogen) atoms. The number of carbonyl (C=O) groups excluding carboxylic acids is 1. The standard InChI is InChI=1S/C24H34O5/c1-15-11-12-19(28-16(2)25)23(5)20(27-14-17-9-7-6-8-10-17)13-18-21(26)24(15,23)29-22(18,3)4/h6-10,15,18-21,26H,11-14H2,1-5H3/t15-,18-,19+,20+,21-,23-,24-/m1/s1. The fourth-order valence-corrected chi connectivity index (χ4v) is 6.51. The van der Waals surface area contributed by atoms with E-state index in [1.54, 1.807) is 0 Å². The van der Waals surface area contributed by atoms with Crippen LogP contribution < -0.4 is 0 Å². The second-order valence-electron chi connectivity index (χ2n) is 9.93. The number of hydrogen-bond donors (Lipinski definition) is 1. The molecule has 0 amide bonds. The molecule has 3 fully saturated rings. The van der Waals surface area contributed by atoms with Gasteiger partial charge in [0.2, 0.25) is 0 Å². The van der Waals surface area contributed by atoms with Crippen LogP contribution in [0.3, 0.4) is 0 Å². The zero-order chi connectivity index (χ0) is 21.0. The summed E-state index contributed by atoms with van der Waals surface area (Å²) in [5.41, 5.74) is -0.775. The van der Waals surface area contributed by atoms with Gasteiger partial charge in [0, 0.05) is 12.8 Å². The molecule has 1 N–H and O–H groups in total. The van der Waals surface area contributed by atoms with Gasteiger partial charge < -0.3 is 19.3 Å². The number of fused-ring (bicyclic) bond motifs is 1. The minimum Gasteiger partial charge on any atom is -0.462 e. The van der Waals surface area contributed by atoms with Crippen molar-refractivity contribution in [2.75, 3.05) is 0 Å². The van der Waals surface area contributed by atoms with E-state index in [1.807, 2.05) is 18.2 Å². The molecule has 1 heterocycles. The summed E-state index contributed by atoms with van der Waals surface area (Å²) in [6, 6.07) is 10.1. The Bertz CT molecular complexity index is 762. The smallest absolute Gasteiger partial charge is 0.302 e. The van der Waals surface area contributed by atoms with Crippen molar-refractivity contribution in [1.29, 1.82) is 0 Å². The normalized spacial score (nSPS) is 42.9. The second-order valence-corrected chi connectivity index (χ2v) is 9.93. The van der Waals surface area contributed by atoms with Gasteiger partial charge in [0.15, 0.2) is 0 Å². The highest BCUT2D eigenvalue weighted by atomic mass is 16.6. The SMILES string of the molecule is CC(=O)O[C@H]1CC[C@@H](C)[C@]23OC(C)(C)[C@H](C[C@H](OCc4ccccc4)[C@@]12C)[C@H]3O.